The number of likely N-dealkylation sites (N-methyl/N-ethyl adjacent to an activating group) is 1. The lowest BCUT2D eigenvalue weighted by Crippen LogP contribution is -2.40. The van der Waals surface area contributed by atoms with E-state index in [4.69, 9.17) is 0 Å². The molecule has 2 rings (SSSR count). The maximum absolute atomic E-state index is 12.1. The van der Waals surface area contributed by atoms with Crippen molar-refractivity contribution in [2.24, 2.45) is 0 Å². The lowest BCUT2D eigenvalue weighted by Gasteiger charge is -2.19. The van der Waals surface area contributed by atoms with E-state index >= 15 is 0 Å². The number of carbonyl (C=O) groups is 1. The molecule has 0 bridgehead atoms. The molecule has 2 aromatic rings. The van der Waals surface area contributed by atoms with Crippen LogP contribution < -0.4 is 5.32 Å². The van der Waals surface area contributed by atoms with Crippen molar-refractivity contribution >= 4 is 17.2 Å². The van der Waals surface area contributed by atoms with E-state index in [1.165, 1.54) is 5.56 Å². The number of carbonyl (C=O) groups excluding carboxylic acids is 1. The van der Waals surface area contributed by atoms with Gasteiger partial charge in [-0.15, -0.1) is 0 Å². The van der Waals surface area contributed by atoms with Crippen LogP contribution in [0.1, 0.15) is 18.1 Å². The first-order valence-electron chi connectivity index (χ1n) is 7.02. The maximum Gasteiger partial charge on any atom is 0.236 e. The molecule has 0 aliphatic heterocycles. The summed E-state index contributed by atoms with van der Waals surface area (Å²) in [5.74, 6) is 0.102. The first kappa shape index (κ1) is 15.7. The second-order valence-corrected chi connectivity index (χ2v) is 6.18. The molecule has 1 amide bonds. The van der Waals surface area contributed by atoms with Gasteiger partial charge in [0.15, 0.2) is 0 Å². The van der Waals surface area contributed by atoms with E-state index in [2.05, 4.69) is 22.7 Å². The summed E-state index contributed by atoms with van der Waals surface area (Å²) in [5, 5.41) is 11.6. The Labute approximate surface area is 129 Å². The Morgan fingerprint density at radius 3 is 3.00 bits per heavy atom. The molecule has 1 atom stereocenters. The van der Waals surface area contributed by atoms with Gasteiger partial charge in [-0.2, -0.15) is 16.4 Å². The molecule has 5 nitrogen and oxygen atoms in total. The average molecular weight is 306 g/mol. The first-order chi connectivity index (χ1) is 10.0. The molecular weight excluding hydrogens is 284 g/mol. The van der Waals surface area contributed by atoms with Gasteiger partial charge in [0.25, 0.3) is 0 Å². The molecule has 0 spiro atoms. The van der Waals surface area contributed by atoms with Crippen LogP contribution in [-0.4, -0.2) is 40.2 Å². The lowest BCUT2D eigenvalue weighted by molar-refractivity contribution is -0.129. The highest BCUT2D eigenvalue weighted by molar-refractivity contribution is 7.07. The van der Waals surface area contributed by atoms with Crippen LogP contribution in [0.3, 0.4) is 0 Å². The van der Waals surface area contributed by atoms with Crippen LogP contribution in [0.5, 0.6) is 0 Å². The Kier molecular flexibility index (Phi) is 5.52. The third kappa shape index (κ3) is 4.99. The number of hydrogen-bond acceptors (Lipinski definition) is 4. The number of hydrogen-bond donors (Lipinski definition) is 1. The molecule has 114 valence electrons. The molecule has 0 saturated carbocycles. The van der Waals surface area contributed by atoms with E-state index in [1.807, 2.05) is 42.5 Å². The highest BCUT2D eigenvalue weighted by atomic mass is 32.1. The van der Waals surface area contributed by atoms with Crippen molar-refractivity contribution in [3.63, 3.8) is 0 Å². The van der Waals surface area contributed by atoms with E-state index in [9.17, 15) is 4.79 Å². The van der Waals surface area contributed by atoms with Gasteiger partial charge in [0.2, 0.25) is 5.91 Å². The van der Waals surface area contributed by atoms with Crippen LogP contribution in [0.15, 0.2) is 29.2 Å². The fourth-order valence-corrected chi connectivity index (χ4v) is 2.71. The molecular formula is C15H22N4OS. The number of nitrogens with zero attached hydrogens (tertiary/aromatic N) is 3. The minimum atomic E-state index is 0.102. The fraction of sp³-hybridized carbons (Fsp3) is 0.467. The lowest BCUT2D eigenvalue weighted by atomic mass is 10.3. The average Bonchev–Trinajstić information content (AvgIpc) is 3.08. The number of aromatic nitrogens is 2. The number of rotatable bonds is 7. The molecule has 0 aromatic carbocycles. The van der Waals surface area contributed by atoms with Crippen LogP contribution in [0.2, 0.25) is 0 Å². The summed E-state index contributed by atoms with van der Waals surface area (Å²) in [6, 6.07) is 2.24. The Balaban J connectivity index is 1.72. The van der Waals surface area contributed by atoms with E-state index in [1.54, 1.807) is 16.2 Å². The van der Waals surface area contributed by atoms with Crippen LogP contribution in [0.4, 0.5) is 0 Å². The molecule has 1 N–H and O–H groups in total. The zero-order valence-electron chi connectivity index (χ0n) is 12.7. The normalized spacial score (nSPS) is 12.3. The highest BCUT2D eigenvalue weighted by Crippen LogP contribution is 2.08. The van der Waals surface area contributed by atoms with Crippen LogP contribution in [0, 0.1) is 6.92 Å². The number of aryl methyl sites for hydroxylation is 1. The van der Waals surface area contributed by atoms with Gasteiger partial charge in [-0.1, -0.05) is 0 Å². The zero-order valence-corrected chi connectivity index (χ0v) is 13.6. The van der Waals surface area contributed by atoms with Crippen molar-refractivity contribution in [1.82, 2.24) is 20.0 Å². The largest absolute Gasteiger partial charge is 0.340 e. The Morgan fingerprint density at radius 2 is 2.38 bits per heavy atom. The number of nitrogens with one attached hydrogen (secondary N) is 1. The summed E-state index contributed by atoms with van der Waals surface area (Å²) in [4.78, 5) is 13.8. The summed E-state index contributed by atoms with van der Waals surface area (Å²) < 4.78 is 1.90. The van der Waals surface area contributed by atoms with Gasteiger partial charge in [-0.05, 0) is 41.8 Å². The Hall–Kier alpha value is -1.66. The molecule has 0 fully saturated rings. The second-order valence-electron chi connectivity index (χ2n) is 5.40. The van der Waals surface area contributed by atoms with E-state index in [0.29, 0.717) is 13.1 Å². The number of amides is 1. The Bertz CT molecular complexity index is 564. The highest BCUT2D eigenvalue weighted by Gasteiger charge is 2.11. The summed E-state index contributed by atoms with van der Waals surface area (Å²) in [6.07, 6.45) is 3.84. The standard InChI is InChI=1S/C15H22N4OS/c1-12-6-17-19(8-12)9-13(2)16-7-15(20)18(3)10-14-4-5-21-11-14/h4-6,8,11,13,16H,7,9-10H2,1-3H3. The summed E-state index contributed by atoms with van der Waals surface area (Å²) in [7, 11) is 1.84. The third-order valence-corrected chi connectivity index (χ3v) is 3.98. The molecule has 0 saturated heterocycles. The topological polar surface area (TPSA) is 50.2 Å². The molecule has 2 heterocycles. The predicted molar refractivity (Wildman–Crippen MR) is 85.2 cm³/mol. The van der Waals surface area contributed by atoms with E-state index in [-0.39, 0.29) is 11.9 Å². The van der Waals surface area contributed by atoms with Crippen molar-refractivity contribution < 1.29 is 4.79 Å². The van der Waals surface area contributed by atoms with Crippen molar-refractivity contribution in [3.05, 3.63) is 40.3 Å². The van der Waals surface area contributed by atoms with Crippen molar-refractivity contribution in [1.29, 1.82) is 0 Å². The zero-order chi connectivity index (χ0) is 15.2. The quantitative estimate of drug-likeness (QED) is 0.850. The third-order valence-electron chi connectivity index (χ3n) is 3.25. The maximum atomic E-state index is 12.1. The minimum Gasteiger partial charge on any atom is -0.340 e. The molecule has 2 aromatic heterocycles. The SMILES string of the molecule is Cc1cnn(CC(C)NCC(=O)N(C)Cc2ccsc2)c1. The predicted octanol–water partition coefficient (Wildman–Crippen LogP) is 1.89. The molecule has 21 heavy (non-hydrogen) atoms. The van der Waals surface area contributed by atoms with Gasteiger partial charge in [-0.25, -0.2) is 0 Å². The molecule has 0 radical (unpaired) electrons. The molecule has 0 aliphatic carbocycles. The van der Waals surface area contributed by atoms with Gasteiger partial charge in [0, 0.05) is 25.8 Å². The van der Waals surface area contributed by atoms with Crippen molar-refractivity contribution in [2.45, 2.75) is 33.0 Å². The summed E-state index contributed by atoms with van der Waals surface area (Å²) in [5.41, 5.74) is 2.32. The van der Waals surface area contributed by atoms with E-state index < -0.39 is 0 Å². The van der Waals surface area contributed by atoms with Crippen LogP contribution in [0.25, 0.3) is 0 Å². The first-order valence-corrected chi connectivity index (χ1v) is 7.96. The van der Waals surface area contributed by atoms with Crippen molar-refractivity contribution in [2.75, 3.05) is 13.6 Å². The smallest absolute Gasteiger partial charge is 0.236 e. The monoisotopic (exact) mass is 306 g/mol. The summed E-state index contributed by atoms with van der Waals surface area (Å²) >= 11 is 1.65. The number of thiophene rings is 1. The molecule has 6 heteroatoms. The molecule has 0 aliphatic rings. The van der Waals surface area contributed by atoms with Crippen molar-refractivity contribution in [3.8, 4) is 0 Å². The summed E-state index contributed by atoms with van der Waals surface area (Å²) in [6.45, 7) is 5.85. The van der Waals surface area contributed by atoms with Gasteiger partial charge in [-0.3, -0.25) is 9.48 Å². The van der Waals surface area contributed by atoms with Crippen LogP contribution in [-0.2, 0) is 17.9 Å². The fourth-order valence-electron chi connectivity index (χ4n) is 2.05. The van der Waals surface area contributed by atoms with Crippen LogP contribution >= 0.6 is 11.3 Å². The van der Waals surface area contributed by atoms with Gasteiger partial charge in [0.05, 0.1) is 19.3 Å². The van der Waals surface area contributed by atoms with Gasteiger partial charge >= 0.3 is 0 Å². The van der Waals surface area contributed by atoms with Gasteiger partial charge in [0.1, 0.15) is 0 Å². The molecule has 1 unspecified atom stereocenters. The minimum absolute atomic E-state index is 0.102. The van der Waals surface area contributed by atoms with Gasteiger partial charge < -0.3 is 10.2 Å². The second kappa shape index (κ2) is 7.38. The Morgan fingerprint density at radius 1 is 1.57 bits per heavy atom. The van der Waals surface area contributed by atoms with E-state index in [0.717, 1.165) is 12.1 Å².